The van der Waals surface area contributed by atoms with Crippen molar-refractivity contribution in [2.75, 3.05) is 33.7 Å². The average Bonchev–Trinajstić information content (AvgIpc) is 2.62. The predicted molar refractivity (Wildman–Crippen MR) is 99.9 cm³/mol. The predicted octanol–water partition coefficient (Wildman–Crippen LogP) is 1.60. The van der Waals surface area contributed by atoms with Crippen LogP contribution in [0.1, 0.15) is 61.0 Å². The third-order valence-electron chi connectivity index (χ3n) is 4.79. The number of hydrogen-bond donors (Lipinski definition) is 0. The van der Waals surface area contributed by atoms with Crippen molar-refractivity contribution in [2.24, 2.45) is 0 Å². The zero-order valence-electron chi connectivity index (χ0n) is 16.3. The molecule has 2 rings (SSSR count). The number of carbonyl (C=O) groups is 1. The van der Waals surface area contributed by atoms with E-state index in [1.165, 1.54) is 28.9 Å². The fourth-order valence-corrected chi connectivity index (χ4v) is 4.49. The fraction of sp³-hybridized carbons (Fsp3) is 0.706. The Labute approximate surface area is 156 Å². The average molecular weight is 384 g/mol. The molecule has 1 saturated heterocycles. The van der Waals surface area contributed by atoms with Crippen LogP contribution in [-0.4, -0.2) is 71.5 Å². The zero-order chi connectivity index (χ0) is 19.5. The molecule has 26 heavy (non-hydrogen) atoms. The van der Waals surface area contributed by atoms with E-state index in [0.29, 0.717) is 43.1 Å². The van der Waals surface area contributed by atoms with Gasteiger partial charge in [-0.1, -0.05) is 6.42 Å². The van der Waals surface area contributed by atoms with Crippen molar-refractivity contribution in [3.8, 4) is 0 Å². The number of piperidine rings is 1. The van der Waals surface area contributed by atoms with Gasteiger partial charge in [-0.15, -0.1) is 0 Å². The van der Waals surface area contributed by atoms with Crippen LogP contribution < -0.4 is 0 Å². The second-order valence-electron chi connectivity index (χ2n) is 6.62. The molecule has 0 saturated carbocycles. The maximum absolute atomic E-state index is 12.6. The van der Waals surface area contributed by atoms with Gasteiger partial charge in [-0.05, 0) is 33.6 Å². The molecule has 0 spiro atoms. The Morgan fingerprint density at radius 1 is 1.27 bits per heavy atom. The maximum Gasteiger partial charge on any atom is 0.282 e. The van der Waals surface area contributed by atoms with Crippen molar-refractivity contribution in [3.05, 3.63) is 23.3 Å². The summed E-state index contributed by atoms with van der Waals surface area (Å²) < 4.78 is 28.0. The quantitative estimate of drug-likeness (QED) is 0.745. The van der Waals surface area contributed by atoms with E-state index in [4.69, 9.17) is 0 Å². The van der Waals surface area contributed by atoms with E-state index in [0.717, 1.165) is 12.8 Å². The van der Waals surface area contributed by atoms with Gasteiger partial charge in [0, 0.05) is 39.9 Å². The van der Waals surface area contributed by atoms with Gasteiger partial charge < -0.3 is 4.90 Å². The summed E-state index contributed by atoms with van der Waals surface area (Å²) in [4.78, 5) is 23.2. The summed E-state index contributed by atoms with van der Waals surface area (Å²) in [5.41, 5.74) is 1.05. The Bertz CT molecular complexity index is 747. The van der Waals surface area contributed by atoms with Gasteiger partial charge in [0.1, 0.15) is 5.82 Å². The van der Waals surface area contributed by atoms with Gasteiger partial charge in [-0.2, -0.15) is 17.0 Å². The Hall–Kier alpha value is -1.58. The molecule has 0 bridgehead atoms. The lowest BCUT2D eigenvalue weighted by Crippen LogP contribution is -2.45. The van der Waals surface area contributed by atoms with Crippen LogP contribution in [0.4, 0.5) is 0 Å². The Morgan fingerprint density at radius 2 is 1.92 bits per heavy atom. The minimum Gasteiger partial charge on any atom is -0.339 e. The van der Waals surface area contributed by atoms with Crippen molar-refractivity contribution in [3.63, 3.8) is 0 Å². The molecule has 2 heterocycles. The van der Waals surface area contributed by atoms with Crippen LogP contribution in [0.5, 0.6) is 0 Å². The molecule has 0 N–H and O–H groups in total. The van der Waals surface area contributed by atoms with Crippen molar-refractivity contribution >= 4 is 16.1 Å². The molecule has 8 nitrogen and oxygen atoms in total. The van der Waals surface area contributed by atoms with Crippen molar-refractivity contribution < 1.29 is 13.2 Å². The van der Waals surface area contributed by atoms with E-state index < -0.39 is 16.3 Å². The molecule has 1 fully saturated rings. The summed E-state index contributed by atoms with van der Waals surface area (Å²) in [6.07, 6.45) is 3.96. The third kappa shape index (κ3) is 4.05. The van der Waals surface area contributed by atoms with Gasteiger partial charge in [-0.3, -0.25) is 4.79 Å². The van der Waals surface area contributed by atoms with Crippen molar-refractivity contribution in [1.82, 2.24) is 23.5 Å². The lowest BCUT2D eigenvalue weighted by atomic mass is 10.0. The number of carbonyl (C=O) groups excluding carboxylic acids is 1. The minimum absolute atomic E-state index is 0.0968. The maximum atomic E-state index is 12.6. The van der Waals surface area contributed by atoms with Crippen molar-refractivity contribution in [1.29, 1.82) is 0 Å². The number of nitrogens with zero attached hydrogens (tertiary/aromatic N) is 5. The summed E-state index contributed by atoms with van der Waals surface area (Å²) in [6, 6.07) is -0.396. The minimum atomic E-state index is -3.55. The molecule has 1 aliphatic heterocycles. The normalized spacial score (nSPS) is 18.9. The number of amides is 1. The van der Waals surface area contributed by atoms with Crippen LogP contribution in [-0.2, 0) is 10.2 Å². The lowest BCUT2D eigenvalue weighted by Gasteiger charge is -2.35. The number of hydrogen-bond acceptors (Lipinski definition) is 5. The van der Waals surface area contributed by atoms with E-state index in [-0.39, 0.29) is 5.91 Å². The Kier molecular flexibility index (Phi) is 6.70. The van der Waals surface area contributed by atoms with Crippen LogP contribution in [0.25, 0.3) is 0 Å². The van der Waals surface area contributed by atoms with E-state index in [1.54, 1.807) is 11.8 Å². The summed E-state index contributed by atoms with van der Waals surface area (Å²) in [6.45, 7) is 7.32. The summed E-state index contributed by atoms with van der Waals surface area (Å²) >= 11 is 0. The molecule has 1 aromatic rings. The third-order valence-corrected chi connectivity index (χ3v) is 6.74. The van der Waals surface area contributed by atoms with E-state index in [9.17, 15) is 13.2 Å². The molecule has 0 aliphatic carbocycles. The Balaban J connectivity index is 2.36. The second-order valence-corrected chi connectivity index (χ2v) is 8.71. The van der Waals surface area contributed by atoms with Gasteiger partial charge in [0.25, 0.3) is 16.1 Å². The molecule has 1 atom stereocenters. The topological polar surface area (TPSA) is 86.7 Å². The highest BCUT2D eigenvalue weighted by atomic mass is 32.2. The first-order valence-corrected chi connectivity index (χ1v) is 10.5. The van der Waals surface area contributed by atoms with Gasteiger partial charge in [0.05, 0.1) is 17.3 Å². The van der Waals surface area contributed by atoms with Crippen LogP contribution in [0.3, 0.4) is 0 Å². The van der Waals surface area contributed by atoms with Gasteiger partial charge in [0.15, 0.2) is 0 Å². The van der Waals surface area contributed by atoms with E-state index >= 15 is 0 Å². The molecule has 0 aromatic carbocycles. The highest BCUT2D eigenvalue weighted by Gasteiger charge is 2.36. The summed E-state index contributed by atoms with van der Waals surface area (Å²) in [5.74, 6) is 0.365. The summed E-state index contributed by atoms with van der Waals surface area (Å²) in [7, 11) is -0.493. The first-order chi connectivity index (χ1) is 12.2. The molecule has 1 amide bonds. The van der Waals surface area contributed by atoms with Gasteiger partial charge in [-0.25, -0.2) is 9.97 Å². The fourth-order valence-electron chi connectivity index (χ4n) is 3.19. The number of aryl methyl sites for hydroxylation is 1. The van der Waals surface area contributed by atoms with E-state index in [2.05, 4.69) is 9.97 Å². The lowest BCUT2D eigenvalue weighted by molar-refractivity contribution is 0.0771. The highest BCUT2D eigenvalue weighted by molar-refractivity contribution is 7.86. The molecular weight excluding hydrogens is 354 g/mol. The molecule has 1 aromatic heterocycles. The standard InChI is InChI=1S/C17H29N5O3S/c1-6-21(7-2)17(23)14-12-18-16(19-13(14)3)15-10-8-9-11-22(15)26(24,25)20(4)5/h12,15H,6-11H2,1-5H3/t15-/m0/s1. The highest BCUT2D eigenvalue weighted by Crippen LogP contribution is 2.32. The van der Waals surface area contributed by atoms with Gasteiger partial charge in [0.2, 0.25) is 0 Å². The van der Waals surface area contributed by atoms with E-state index in [1.807, 2.05) is 13.8 Å². The van der Waals surface area contributed by atoms with Crippen molar-refractivity contribution in [2.45, 2.75) is 46.1 Å². The number of aromatic nitrogens is 2. The molecule has 9 heteroatoms. The molecule has 1 aliphatic rings. The van der Waals surface area contributed by atoms with Crippen LogP contribution in [0.2, 0.25) is 0 Å². The first kappa shape index (κ1) is 20.7. The number of rotatable bonds is 6. The molecule has 146 valence electrons. The Morgan fingerprint density at radius 3 is 2.46 bits per heavy atom. The largest absolute Gasteiger partial charge is 0.339 e. The first-order valence-electron chi connectivity index (χ1n) is 9.06. The molecule has 0 radical (unpaired) electrons. The monoisotopic (exact) mass is 383 g/mol. The van der Waals surface area contributed by atoms with Crippen LogP contribution >= 0.6 is 0 Å². The van der Waals surface area contributed by atoms with Gasteiger partial charge >= 0.3 is 0 Å². The zero-order valence-corrected chi connectivity index (χ0v) is 17.1. The smallest absolute Gasteiger partial charge is 0.282 e. The second kappa shape index (κ2) is 8.41. The van der Waals surface area contributed by atoms with Crippen LogP contribution in [0.15, 0.2) is 6.20 Å². The molecule has 0 unspecified atom stereocenters. The SMILES string of the molecule is CCN(CC)C(=O)c1cnc([C@@H]2CCCCN2S(=O)(=O)N(C)C)nc1C. The molecular formula is C17H29N5O3S. The summed E-state index contributed by atoms with van der Waals surface area (Å²) in [5, 5.41) is 0. The van der Waals surface area contributed by atoms with Crippen LogP contribution in [0, 0.1) is 6.92 Å².